The molecule has 0 radical (unpaired) electrons. The second-order valence-electron chi connectivity index (χ2n) is 8.64. The molecule has 0 saturated carbocycles. The van der Waals surface area contributed by atoms with E-state index < -0.39 is 6.03 Å². The SMILES string of the molecule is COCCNc1cc(NC(=O)N2CCCc3cc(Cn4ccc(C)cc4=O)c(C=O)nc32)ncc1C#N. The molecule has 0 saturated heterocycles. The zero-order valence-corrected chi connectivity index (χ0v) is 20.7. The van der Waals surface area contributed by atoms with E-state index in [2.05, 4.69) is 26.7 Å². The molecule has 4 heterocycles. The molecule has 1 aliphatic rings. The third-order valence-corrected chi connectivity index (χ3v) is 6.00. The van der Waals surface area contributed by atoms with E-state index in [1.165, 1.54) is 21.7 Å². The van der Waals surface area contributed by atoms with Crippen molar-refractivity contribution in [1.82, 2.24) is 14.5 Å². The summed E-state index contributed by atoms with van der Waals surface area (Å²) in [6.45, 7) is 3.39. The van der Waals surface area contributed by atoms with Gasteiger partial charge in [-0.1, -0.05) is 0 Å². The zero-order chi connectivity index (χ0) is 26.4. The van der Waals surface area contributed by atoms with Crippen LogP contribution in [0.3, 0.4) is 0 Å². The Bertz CT molecular complexity index is 1430. The lowest BCUT2D eigenvalue weighted by Gasteiger charge is -2.29. The minimum Gasteiger partial charge on any atom is -0.383 e. The van der Waals surface area contributed by atoms with Crippen LogP contribution in [0.25, 0.3) is 0 Å². The first kappa shape index (κ1) is 25.5. The van der Waals surface area contributed by atoms with Gasteiger partial charge in [-0.25, -0.2) is 14.8 Å². The maximum atomic E-state index is 13.2. The summed E-state index contributed by atoms with van der Waals surface area (Å²) in [6, 6.07) is 8.41. The van der Waals surface area contributed by atoms with Crippen LogP contribution in [0, 0.1) is 18.3 Å². The average Bonchev–Trinajstić information content (AvgIpc) is 2.89. The molecular weight excluding hydrogens is 474 g/mol. The number of aldehydes is 1. The van der Waals surface area contributed by atoms with Crippen LogP contribution in [0.4, 0.5) is 22.1 Å². The summed E-state index contributed by atoms with van der Waals surface area (Å²) in [7, 11) is 1.58. The van der Waals surface area contributed by atoms with E-state index in [4.69, 9.17) is 4.74 Å². The number of amides is 2. The number of urea groups is 1. The number of fused-ring (bicyclic) bond motifs is 1. The lowest BCUT2D eigenvalue weighted by molar-refractivity contribution is 0.111. The second kappa shape index (κ2) is 11.5. The Hall–Kier alpha value is -4.56. The van der Waals surface area contributed by atoms with E-state index in [-0.39, 0.29) is 23.6 Å². The van der Waals surface area contributed by atoms with Crippen LogP contribution in [-0.2, 0) is 17.7 Å². The highest BCUT2D eigenvalue weighted by molar-refractivity contribution is 6.01. The number of nitriles is 1. The molecule has 2 N–H and O–H groups in total. The third-order valence-electron chi connectivity index (χ3n) is 6.00. The summed E-state index contributed by atoms with van der Waals surface area (Å²) in [6.07, 6.45) is 5.10. The first-order chi connectivity index (χ1) is 17.9. The summed E-state index contributed by atoms with van der Waals surface area (Å²) in [5.74, 6) is 0.667. The number of ether oxygens (including phenoxy) is 1. The van der Waals surface area contributed by atoms with Gasteiger partial charge in [0.15, 0.2) is 6.29 Å². The number of nitrogens with zero attached hydrogens (tertiary/aromatic N) is 5. The number of rotatable bonds is 8. The van der Waals surface area contributed by atoms with Gasteiger partial charge in [-0.2, -0.15) is 5.26 Å². The van der Waals surface area contributed by atoms with Crippen molar-refractivity contribution in [3.05, 3.63) is 75.0 Å². The van der Waals surface area contributed by atoms with Gasteiger partial charge in [-0.05, 0) is 43.0 Å². The maximum Gasteiger partial charge on any atom is 0.328 e. The molecule has 0 aliphatic carbocycles. The first-order valence-electron chi connectivity index (χ1n) is 11.8. The minimum atomic E-state index is -0.451. The number of hydrogen-bond acceptors (Lipinski definition) is 8. The molecule has 190 valence electrons. The topological polar surface area (TPSA) is 142 Å². The summed E-state index contributed by atoms with van der Waals surface area (Å²) in [5, 5.41) is 15.2. The Kier molecular flexibility index (Phi) is 7.90. The fourth-order valence-electron chi connectivity index (χ4n) is 4.13. The molecule has 3 aromatic rings. The van der Waals surface area contributed by atoms with E-state index >= 15 is 0 Å². The van der Waals surface area contributed by atoms with E-state index in [1.54, 1.807) is 19.4 Å². The largest absolute Gasteiger partial charge is 0.383 e. The number of hydrogen-bond donors (Lipinski definition) is 2. The number of pyridine rings is 3. The van der Waals surface area contributed by atoms with Gasteiger partial charge in [0, 0.05) is 50.3 Å². The Morgan fingerprint density at radius 3 is 2.89 bits per heavy atom. The molecule has 1 aliphatic heterocycles. The molecular formula is C26H27N7O4. The molecule has 4 rings (SSSR count). The number of anilines is 3. The van der Waals surface area contributed by atoms with E-state index in [9.17, 15) is 19.6 Å². The summed E-state index contributed by atoms with van der Waals surface area (Å²) in [4.78, 5) is 47.6. The smallest absolute Gasteiger partial charge is 0.328 e. The van der Waals surface area contributed by atoms with Gasteiger partial charge >= 0.3 is 6.03 Å². The van der Waals surface area contributed by atoms with Crippen LogP contribution in [0.1, 0.15) is 39.2 Å². The van der Waals surface area contributed by atoms with E-state index in [1.807, 2.05) is 19.1 Å². The lowest BCUT2D eigenvalue weighted by atomic mass is 10.0. The minimum absolute atomic E-state index is 0.165. The average molecular weight is 502 g/mol. The Morgan fingerprint density at radius 1 is 1.32 bits per heavy atom. The van der Waals surface area contributed by atoms with Crippen LogP contribution in [0.2, 0.25) is 0 Å². The van der Waals surface area contributed by atoms with Crippen molar-refractivity contribution in [2.75, 3.05) is 42.3 Å². The van der Waals surface area contributed by atoms with Gasteiger partial charge in [0.2, 0.25) is 0 Å². The highest BCUT2D eigenvalue weighted by atomic mass is 16.5. The number of carbonyl (C=O) groups is 2. The van der Waals surface area contributed by atoms with E-state index in [0.717, 1.165) is 11.1 Å². The van der Waals surface area contributed by atoms with Crippen LogP contribution >= 0.6 is 0 Å². The van der Waals surface area contributed by atoms with E-state index in [0.29, 0.717) is 61.5 Å². The monoisotopic (exact) mass is 501 g/mol. The molecule has 0 fully saturated rings. The number of carbonyl (C=O) groups excluding carboxylic acids is 2. The quantitative estimate of drug-likeness (QED) is 0.354. The van der Waals surface area contributed by atoms with Crippen LogP contribution in [0.5, 0.6) is 0 Å². The lowest BCUT2D eigenvalue weighted by Crippen LogP contribution is -2.40. The predicted octanol–water partition coefficient (Wildman–Crippen LogP) is 2.72. The standard InChI is InChI=1S/C26H27N7O4/c1-17-5-8-32(24(35)10-17)15-19-11-18-4-3-7-33(25(18)30-22(19)16-34)26(36)31-23-12-21(28-6-9-37-2)20(13-27)14-29-23/h5,8,10-12,14,16H,3-4,6-7,9,15H2,1-2H3,(H2,28,29,31,36). The normalized spacial score (nSPS) is 12.4. The molecule has 3 aromatic heterocycles. The zero-order valence-electron chi connectivity index (χ0n) is 20.7. The van der Waals surface area contributed by atoms with Crippen molar-refractivity contribution >= 4 is 29.6 Å². The van der Waals surface area contributed by atoms with Crippen molar-refractivity contribution in [1.29, 1.82) is 5.26 Å². The Labute approximate surface area is 213 Å². The molecule has 37 heavy (non-hydrogen) atoms. The Morgan fingerprint density at radius 2 is 2.16 bits per heavy atom. The van der Waals surface area contributed by atoms with Crippen molar-refractivity contribution in [3.63, 3.8) is 0 Å². The molecule has 0 atom stereocenters. The van der Waals surface area contributed by atoms with Gasteiger partial charge in [-0.15, -0.1) is 0 Å². The van der Waals surface area contributed by atoms with Crippen molar-refractivity contribution < 1.29 is 14.3 Å². The van der Waals surface area contributed by atoms with Crippen molar-refractivity contribution in [3.8, 4) is 6.07 Å². The van der Waals surface area contributed by atoms with Gasteiger partial charge in [0.05, 0.1) is 24.4 Å². The predicted molar refractivity (Wildman–Crippen MR) is 138 cm³/mol. The van der Waals surface area contributed by atoms with Gasteiger partial charge in [0.1, 0.15) is 23.4 Å². The highest BCUT2D eigenvalue weighted by Crippen LogP contribution is 2.28. The highest BCUT2D eigenvalue weighted by Gasteiger charge is 2.26. The van der Waals surface area contributed by atoms with Gasteiger partial charge in [0.25, 0.3) is 5.56 Å². The number of nitrogens with one attached hydrogen (secondary N) is 2. The van der Waals surface area contributed by atoms with Crippen LogP contribution in [-0.4, -0.2) is 53.7 Å². The number of aromatic nitrogens is 3. The van der Waals surface area contributed by atoms with Crippen LogP contribution in [0.15, 0.2) is 41.5 Å². The molecule has 11 nitrogen and oxygen atoms in total. The summed E-state index contributed by atoms with van der Waals surface area (Å²) >= 11 is 0. The fourth-order valence-corrected chi connectivity index (χ4v) is 4.13. The first-order valence-corrected chi connectivity index (χ1v) is 11.8. The molecule has 0 bridgehead atoms. The molecule has 0 spiro atoms. The third kappa shape index (κ3) is 5.82. The van der Waals surface area contributed by atoms with Gasteiger partial charge < -0.3 is 14.6 Å². The number of methoxy groups -OCH3 is 1. The fraction of sp³-hybridized carbons (Fsp3) is 0.308. The molecule has 0 unspecified atom stereocenters. The molecule has 0 aromatic carbocycles. The van der Waals surface area contributed by atoms with Crippen LogP contribution < -0.4 is 21.1 Å². The van der Waals surface area contributed by atoms with Gasteiger partial charge in [-0.3, -0.25) is 19.8 Å². The second-order valence-corrected chi connectivity index (χ2v) is 8.64. The maximum absolute atomic E-state index is 13.2. The Balaban J connectivity index is 1.58. The van der Waals surface area contributed by atoms with Crippen molar-refractivity contribution in [2.45, 2.75) is 26.3 Å². The molecule has 2 amide bonds. The summed E-state index contributed by atoms with van der Waals surface area (Å²) in [5.41, 5.74) is 3.17. The summed E-state index contributed by atoms with van der Waals surface area (Å²) < 4.78 is 6.55. The van der Waals surface area contributed by atoms with Crippen molar-refractivity contribution in [2.24, 2.45) is 0 Å². The molecule has 11 heteroatoms. The number of aryl methyl sites for hydroxylation is 2.